The van der Waals surface area contributed by atoms with Crippen molar-refractivity contribution in [2.45, 2.75) is 25.7 Å². The van der Waals surface area contributed by atoms with Crippen LogP contribution in [0.2, 0.25) is 10.0 Å². The fraction of sp³-hybridized carbons (Fsp3) is 0.462. The van der Waals surface area contributed by atoms with Crippen LogP contribution in [0.15, 0.2) is 18.2 Å². The number of rotatable bonds is 7. The van der Waals surface area contributed by atoms with E-state index in [4.69, 9.17) is 28.9 Å². The average Bonchev–Trinajstić information content (AvgIpc) is 2.32. The number of hydrogen-bond acceptors (Lipinski definition) is 2. The molecule has 0 radical (unpaired) electrons. The van der Waals surface area contributed by atoms with Crippen LogP contribution in [-0.4, -0.2) is 19.0 Å². The van der Waals surface area contributed by atoms with Crippen molar-refractivity contribution in [1.29, 1.82) is 0 Å². The van der Waals surface area contributed by atoms with Gasteiger partial charge in [0.15, 0.2) is 0 Å². The number of carbonyl (C=O) groups is 1. The van der Waals surface area contributed by atoms with Gasteiger partial charge in [0.05, 0.1) is 0 Å². The quantitative estimate of drug-likeness (QED) is 0.758. The van der Waals surface area contributed by atoms with Gasteiger partial charge in [-0.1, -0.05) is 29.3 Å². The Bertz CT molecular complexity index is 397. The Morgan fingerprint density at radius 3 is 2.72 bits per heavy atom. The molecule has 0 aliphatic carbocycles. The maximum atomic E-state index is 11.4. The van der Waals surface area contributed by atoms with Crippen LogP contribution >= 0.6 is 23.2 Å². The number of unbranched alkanes of at least 4 members (excludes halogenated alkanes) is 1. The van der Waals surface area contributed by atoms with Crippen LogP contribution in [0.4, 0.5) is 0 Å². The highest BCUT2D eigenvalue weighted by Gasteiger charge is 2.03. The Hall–Kier alpha value is -0.770. The van der Waals surface area contributed by atoms with E-state index in [9.17, 15) is 4.79 Å². The summed E-state index contributed by atoms with van der Waals surface area (Å²) in [5, 5.41) is 4.12. The Morgan fingerprint density at radius 2 is 2.06 bits per heavy atom. The fourth-order valence-corrected chi connectivity index (χ4v) is 2.08. The molecule has 0 aromatic heterocycles. The molecule has 0 heterocycles. The van der Waals surface area contributed by atoms with Crippen molar-refractivity contribution in [3.8, 4) is 0 Å². The summed E-state index contributed by atoms with van der Waals surface area (Å²) in [5.74, 6) is 0.0635. The van der Waals surface area contributed by atoms with Crippen LogP contribution in [0.1, 0.15) is 24.8 Å². The Labute approximate surface area is 118 Å². The van der Waals surface area contributed by atoms with E-state index in [1.54, 1.807) is 12.1 Å². The standard InChI is InChI=1S/C13H18Cl2N2O/c14-11-5-4-10(12(15)9-11)6-8-17-13(18)3-1-2-7-16/h4-5,9H,1-3,6-8,16H2,(H,17,18). The van der Waals surface area contributed by atoms with Crippen molar-refractivity contribution >= 4 is 29.1 Å². The molecule has 0 fully saturated rings. The largest absolute Gasteiger partial charge is 0.356 e. The molecule has 3 N–H and O–H groups in total. The molecule has 0 spiro atoms. The summed E-state index contributed by atoms with van der Waals surface area (Å²) < 4.78 is 0. The van der Waals surface area contributed by atoms with Crippen molar-refractivity contribution in [3.63, 3.8) is 0 Å². The van der Waals surface area contributed by atoms with Gasteiger partial charge < -0.3 is 11.1 Å². The van der Waals surface area contributed by atoms with E-state index in [2.05, 4.69) is 5.32 Å². The summed E-state index contributed by atoms with van der Waals surface area (Å²) >= 11 is 11.8. The van der Waals surface area contributed by atoms with Gasteiger partial charge in [0.1, 0.15) is 0 Å². The molecule has 0 aliphatic heterocycles. The molecule has 0 unspecified atom stereocenters. The van der Waals surface area contributed by atoms with Crippen molar-refractivity contribution in [3.05, 3.63) is 33.8 Å². The van der Waals surface area contributed by atoms with Crippen LogP contribution < -0.4 is 11.1 Å². The summed E-state index contributed by atoms with van der Waals surface area (Å²) in [6, 6.07) is 5.39. The first-order valence-electron chi connectivity index (χ1n) is 6.04. The third kappa shape index (κ3) is 5.71. The number of carbonyl (C=O) groups excluding carboxylic acids is 1. The molecule has 3 nitrogen and oxygen atoms in total. The lowest BCUT2D eigenvalue weighted by Crippen LogP contribution is -2.25. The molecule has 1 rings (SSSR count). The smallest absolute Gasteiger partial charge is 0.220 e. The lowest BCUT2D eigenvalue weighted by Gasteiger charge is -2.07. The molecule has 0 saturated heterocycles. The van der Waals surface area contributed by atoms with Gasteiger partial charge in [0.2, 0.25) is 5.91 Å². The summed E-state index contributed by atoms with van der Waals surface area (Å²) in [6.45, 7) is 1.22. The zero-order valence-corrected chi connectivity index (χ0v) is 11.7. The van der Waals surface area contributed by atoms with Gasteiger partial charge in [0, 0.05) is 23.0 Å². The van der Waals surface area contributed by atoms with Gasteiger partial charge in [-0.2, -0.15) is 0 Å². The molecule has 0 aliphatic rings. The lowest BCUT2D eigenvalue weighted by molar-refractivity contribution is -0.121. The third-order valence-electron chi connectivity index (χ3n) is 2.59. The highest BCUT2D eigenvalue weighted by atomic mass is 35.5. The number of halogens is 2. The second kappa shape index (κ2) is 8.35. The van der Waals surface area contributed by atoms with Gasteiger partial charge in [-0.05, 0) is 43.5 Å². The monoisotopic (exact) mass is 288 g/mol. The Kier molecular flexibility index (Phi) is 7.09. The maximum Gasteiger partial charge on any atom is 0.220 e. The topological polar surface area (TPSA) is 55.1 Å². The van der Waals surface area contributed by atoms with Crippen LogP contribution in [0.5, 0.6) is 0 Å². The molecule has 18 heavy (non-hydrogen) atoms. The molecule has 1 amide bonds. The van der Waals surface area contributed by atoms with Crippen molar-refractivity contribution in [1.82, 2.24) is 5.32 Å². The van der Waals surface area contributed by atoms with Crippen molar-refractivity contribution in [2.24, 2.45) is 5.73 Å². The summed E-state index contributed by atoms with van der Waals surface area (Å²) in [7, 11) is 0. The zero-order valence-electron chi connectivity index (χ0n) is 10.2. The van der Waals surface area contributed by atoms with E-state index >= 15 is 0 Å². The van der Waals surface area contributed by atoms with Gasteiger partial charge in [-0.15, -0.1) is 0 Å². The van der Waals surface area contributed by atoms with E-state index in [0.717, 1.165) is 18.4 Å². The number of amides is 1. The summed E-state index contributed by atoms with van der Waals surface area (Å²) in [6.07, 6.45) is 2.96. The first-order valence-corrected chi connectivity index (χ1v) is 6.79. The Balaban J connectivity index is 2.26. The van der Waals surface area contributed by atoms with E-state index in [-0.39, 0.29) is 5.91 Å². The molecule has 0 saturated carbocycles. The van der Waals surface area contributed by atoms with Gasteiger partial charge in [0.25, 0.3) is 0 Å². The number of hydrogen-bond donors (Lipinski definition) is 2. The third-order valence-corrected chi connectivity index (χ3v) is 3.18. The van der Waals surface area contributed by atoms with E-state index in [1.807, 2.05) is 6.07 Å². The van der Waals surface area contributed by atoms with Crippen LogP contribution in [0, 0.1) is 0 Å². The second-order valence-corrected chi connectivity index (χ2v) is 4.93. The first-order chi connectivity index (χ1) is 8.63. The highest BCUT2D eigenvalue weighted by Crippen LogP contribution is 2.20. The normalized spacial score (nSPS) is 10.4. The summed E-state index contributed by atoms with van der Waals surface area (Å²) in [4.78, 5) is 11.4. The van der Waals surface area contributed by atoms with Crippen molar-refractivity contribution < 1.29 is 4.79 Å². The van der Waals surface area contributed by atoms with Crippen molar-refractivity contribution in [2.75, 3.05) is 13.1 Å². The van der Waals surface area contributed by atoms with Crippen LogP contribution in [0.25, 0.3) is 0 Å². The average molecular weight is 289 g/mol. The summed E-state index contributed by atoms with van der Waals surface area (Å²) in [5.41, 5.74) is 6.35. The predicted octanol–water partition coefficient (Wildman–Crippen LogP) is 2.78. The molecule has 0 atom stereocenters. The van der Waals surface area contributed by atoms with E-state index in [1.165, 1.54) is 0 Å². The van der Waals surface area contributed by atoms with Gasteiger partial charge in [-0.25, -0.2) is 0 Å². The molecule has 1 aromatic carbocycles. The molecule has 5 heteroatoms. The van der Waals surface area contributed by atoms with E-state index < -0.39 is 0 Å². The molecular formula is C13H18Cl2N2O. The fourth-order valence-electron chi connectivity index (χ4n) is 1.58. The minimum atomic E-state index is 0.0635. The molecular weight excluding hydrogens is 271 g/mol. The number of nitrogens with two attached hydrogens (primary N) is 1. The van der Waals surface area contributed by atoms with Crippen LogP contribution in [-0.2, 0) is 11.2 Å². The first kappa shape index (κ1) is 15.3. The predicted molar refractivity (Wildman–Crippen MR) is 76.1 cm³/mol. The molecule has 0 bridgehead atoms. The Morgan fingerprint density at radius 1 is 1.28 bits per heavy atom. The van der Waals surface area contributed by atoms with Crippen LogP contribution in [0.3, 0.4) is 0 Å². The second-order valence-electron chi connectivity index (χ2n) is 4.08. The maximum absolute atomic E-state index is 11.4. The van der Waals surface area contributed by atoms with E-state index in [0.29, 0.717) is 36.0 Å². The van der Waals surface area contributed by atoms with Gasteiger partial charge in [-0.3, -0.25) is 4.79 Å². The van der Waals surface area contributed by atoms with Gasteiger partial charge >= 0.3 is 0 Å². The number of nitrogens with one attached hydrogen (secondary N) is 1. The number of benzene rings is 1. The zero-order chi connectivity index (χ0) is 13.4. The molecule has 1 aromatic rings. The minimum absolute atomic E-state index is 0.0635. The lowest BCUT2D eigenvalue weighted by atomic mass is 10.1. The minimum Gasteiger partial charge on any atom is -0.356 e. The molecule has 100 valence electrons. The SMILES string of the molecule is NCCCCC(=O)NCCc1ccc(Cl)cc1Cl. The highest BCUT2D eigenvalue weighted by molar-refractivity contribution is 6.35.